The van der Waals surface area contributed by atoms with Gasteiger partial charge >= 0.3 is 5.97 Å². The number of nitrogens with zero attached hydrogens (tertiary/aromatic N) is 2. The summed E-state index contributed by atoms with van der Waals surface area (Å²) < 4.78 is 9.43. The molecule has 0 bridgehead atoms. The maximum Gasteiger partial charge on any atom is 0.330 e. The number of aliphatic hydroxyl groups is 1. The SMILES string of the molecule is COC(=O)C(CO)NC(=O)c1csc(C2CCN(C=O)CC2)n1.COC(C)(C)C. The van der Waals surface area contributed by atoms with Crippen molar-refractivity contribution < 1.29 is 29.0 Å². The Kier molecular flexibility index (Phi) is 10.2. The number of thiazole rings is 1. The molecule has 0 radical (unpaired) electrons. The van der Waals surface area contributed by atoms with E-state index >= 15 is 0 Å². The van der Waals surface area contributed by atoms with Crippen LogP contribution < -0.4 is 5.32 Å². The number of aromatic nitrogens is 1. The Hall–Kier alpha value is -2.04. The normalized spacial score (nSPS) is 15.7. The molecule has 2 heterocycles. The third-order valence-electron chi connectivity index (χ3n) is 4.37. The second-order valence-electron chi connectivity index (χ2n) is 7.53. The smallest absolute Gasteiger partial charge is 0.330 e. The summed E-state index contributed by atoms with van der Waals surface area (Å²) in [7, 11) is 2.89. The summed E-state index contributed by atoms with van der Waals surface area (Å²) in [6, 6.07) is -1.10. The van der Waals surface area contributed by atoms with Gasteiger partial charge in [-0.15, -0.1) is 11.3 Å². The molecule has 164 valence electrons. The van der Waals surface area contributed by atoms with Crippen LogP contribution in [0.5, 0.6) is 0 Å². The highest BCUT2D eigenvalue weighted by Gasteiger charge is 2.25. The van der Waals surface area contributed by atoms with Crippen LogP contribution in [-0.4, -0.2) is 78.8 Å². The molecular formula is C19H31N3O6S. The highest BCUT2D eigenvalue weighted by atomic mass is 32.1. The second-order valence-corrected chi connectivity index (χ2v) is 8.42. The van der Waals surface area contributed by atoms with Crippen LogP contribution in [0.1, 0.15) is 55.0 Å². The fraction of sp³-hybridized carbons (Fsp3) is 0.684. The molecule has 0 aromatic carbocycles. The first-order chi connectivity index (χ1) is 13.6. The van der Waals surface area contributed by atoms with Gasteiger partial charge in [0, 0.05) is 31.5 Å². The Labute approximate surface area is 175 Å². The summed E-state index contributed by atoms with van der Waals surface area (Å²) in [5.41, 5.74) is 0.255. The van der Waals surface area contributed by atoms with Crippen LogP contribution >= 0.6 is 11.3 Å². The van der Waals surface area contributed by atoms with Crippen molar-refractivity contribution in [3.05, 3.63) is 16.1 Å². The van der Waals surface area contributed by atoms with Gasteiger partial charge in [0.1, 0.15) is 5.69 Å². The lowest BCUT2D eigenvalue weighted by atomic mass is 9.98. The zero-order chi connectivity index (χ0) is 22.0. The summed E-state index contributed by atoms with van der Waals surface area (Å²) in [5.74, 6) is -1.01. The molecule has 1 saturated heterocycles. The van der Waals surface area contributed by atoms with E-state index in [0.29, 0.717) is 13.1 Å². The number of esters is 1. The van der Waals surface area contributed by atoms with Crippen LogP contribution in [0.25, 0.3) is 0 Å². The van der Waals surface area contributed by atoms with Gasteiger partial charge in [-0.1, -0.05) is 0 Å². The predicted octanol–water partition coefficient (Wildman–Crippen LogP) is 1.17. The van der Waals surface area contributed by atoms with E-state index in [9.17, 15) is 14.4 Å². The van der Waals surface area contributed by atoms with Gasteiger partial charge in [-0.2, -0.15) is 0 Å². The fourth-order valence-corrected chi connectivity index (χ4v) is 3.36. The third-order valence-corrected chi connectivity index (χ3v) is 5.38. The summed E-state index contributed by atoms with van der Waals surface area (Å²) in [4.78, 5) is 40.2. The molecule has 10 heteroatoms. The molecule has 9 nitrogen and oxygen atoms in total. The van der Waals surface area contributed by atoms with Crippen LogP contribution in [-0.2, 0) is 19.1 Å². The largest absolute Gasteiger partial charge is 0.467 e. The first-order valence-corrected chi connectivity index (χ1v) is 10.2. The number of amides is 2. The molecule has 1 fully saturated rings. The Morgan fingerprint density at radius 3 is 2.41 bits per heavy atom. The van der Waals surface area contributed by atoms with Gasteiger partial charge in [0.2, 0.25) is 6.41 Å². The Morgan fingerprint density at radius 1 is 1.38 bits per heavy atom. The van der Waals surface area contributed by atoms with Gasteiger partial charge in [0.15, 0.2) is 6.04 Å². The average Bonchev–Trinajstić information content (AvgIpc) is 3.21. The first-order valence-electron chi connectivity index (χ1n) is 9.34. The number of likely N-dealkylation sites (tertiary alicyclic amines) is 1. The number of rotatable bonds is 6. The summed E-state index contributed by atoms with van der Waals surface area (Å²) >= 11 is 1.38. The van der Waals surface area contributed by atoms with E-state index in [1.807, 2.05) is 20.8 Å². The van der Waals surface area contributed by atoms with Gasteiger partial charge in [0.25, 0.3) is 5.91 Å². The van der Waals surface area contributed by atoms with Gasteiger partial charge < -0.3 is 24.8 Å². The first kappa shape index (κ1) is 25.0. The van der Waals surface area contributed by atoms with E-state index in [0.717, 1.165) is 24.3 Å². The van der Waals surface area contributed by atoms with Crippen molar-refractivity contribution in [2.24, 2.45) is 0 Å². The molecule has 29 heavy (non-hydrogen) atoms. The van der Waals surface area contributed by atoms with Crippen LogP contribution in [0, 0.1) is 0 Å². The van der Waals surface area contributed by atoms with E-state index in [1.54, 1.807) is 17.4 Å². The number of carbonyl (C=O) groups is 3. The molecule has 0 spiro atoms. The Bertz CT molecular complexity index is 665. The molecule has 1 atom stereocenters. The zero-order valence-electron chi connectivity index (χ0n) is 17.6. The topological polar surface area (TPSA) is 118 Å². The number of ether oxygens (including phenoxy) is 2. The number of aliphatic hydroxyl groups excluding tert-OH is 1. The number of nitrogens with one attached hydrogen (secondary N) is 1. The molecule has 2 amide bonds. The lowest BCUT2D eigenvalue weighted by Gasteiger charge is -2.27. The quantitative estimate of drug-likeness (QED) is 0.515. The third kappa shape index (κ3) is 8.46. The molecule has 0 aliphatic carbocycles. The van der Waals surface area contributed by atoms with Crippen molar-refractivity contribution in [1.29, 1.82) is 0 Å². The van der Waals surface area contributed by atoms with Gasteiger partial charge in [-0.3, -0.25) is 9.59 Å². The monoisotopic (exact) mass is 429 g/mol. The molecular weight excluding hydrogens is 398 g/mol. The van der Waals surface area contributed by atoms with E-state index in [1.165, 1.54) is 18.4 Å². The molecule has 0 saturated carbocycles. The maximum atomic E-state index is 12.1. The lowest BCUT2D eigenvalue weighted by molar-refractivity contribution is -0.143. The minimum Gasteiger partial charge on any atom is -0.467 e. The van der Waals surface area contributed by atoms with E-state index < -0.39 is 24.5 Å². The van der Waals surface area contributed by atoms with Gasteiger partial charge in [-0.25, -0.2) is 9.78 Å². The van der Waals surface area contributed by atoms with Crippen molar-refractivity contribution in [3.8, 4) is 0 Å². The minimum absolute atomic E-state index is 0.0417. The van der Waals surface area contributed by atoms with Crippen LogP contribution in [0.15, 0.2) is 5.38 Å². The number of hydrogen-bond donors (Lipinski definition) is 2. The fourth-order valence-electron chi connectivity index (χ4n) is 2.38. The van der Waals surface area contributed by atoms with Crippen LogP contribution in [0.3, 0.4) is 0 Å². The highest BCUT2D eigenvalue weighted by molar-refractivity contribution is 7.09. The minimum atomic E-state index is -1.10. The summed E-state index contributed by atoms with van der Waals surface area (Å²) in [6.07, 6.45) is 2.47. The van der Waals surface area contributed by atoms with Gasteiger partial charge in [0.05, 0.1) is 24.3 Å². The molecule has 2 rings (SSSR count). The van der Waals surface area contributed by atoms with E-state index in [-0.39, 0.29) is 17.2 Å². The van der Waals surface area contributed by atoms with Crippen LogP contribution in [0.4, 0.5) is 0 Å². The highest BCUT2D eigenvalue weighted by Crippen LogP contribution is 2.29. The Balaban J connectivity index is 0.000000612. The molecule has 1 aliphatic heterocycles. The van der Waals surface area contributed by atoms with Crippen molar-refractivity contribution in [2.75, 3.05) is 33.9 Å². The number of carbonyl (C=O) groups excluding carboxylic acids is 3. The summed E-state index contributed by atoms with van der Waals surface area (Å²) in [6.45, 7) is 6.89. The number of methoxy groups -OCH3 is 2. The van der Waals surface area contributed by atoms with Gasteiger partial charge in [-0.05, 0) is 33.6 Å². The standard InChI is InChI=1S/C14H19N3O5S.C5H12O/c1-22-14(21)10(6-18)15-12(20)11-7-23-13(16-11)9-2-4-17(8-19)5-3-9;1-5(2,3)6-4/h7-10,18H,2-6H2,1H3,(H,15,20);1-4H3. The second kappa shape index (κ2) is 11.8. The van der Waals surface area contributed by atoms with Crippen LogP contribution in [0.2, 0.25) is 0 Å². The van der Waals surface area contributed by atoms with E-state index in [2.05, 4.69) is 15.0 Å². The maximum absolute atomic E-state index is 12.1. The molecule has 2 N–H and O–H groups in total. The molecule has 1 aliphatic rings. The van der Waals surface area contributed by atoms with Crippen molar-refractivity contribution >= 4 is 29.6 Å². The molecule has 1 aromatic rings. The van der Waals surface area contributed by atoms with E-state index in [4.69, 9.17) is 9.84 Å². The van der Waals surface area contributed by atoms with Crippen molar-refractivity contribution in [2.45, 2.75) is 51.2 Å². The molecule has 1 unspecified atom stereocenters. The predicted molar refractivity (Wildman–Crippen MR) is 109 cm³/mol. The van der Waals surface area contributed by atoms with Crippen molar-refractivity contribution in [3.63, 3.8) is 0 Å². The van der Waals surface area contributed by atoms with Crippen molar-refractivity contribution in [1.82, 2.24) is 15.2 Å². The summed E-state index contributed by atoms with van der Waals surface area (Å²) in [5, 5.41) is 14.0. The number of hydrogen-bond acceptors (Lipinski definition) is 8. The average molecular weight is 430 g/mol. The number of piperidine rings is 1. The zero-order valence-corrected chi connectivity index (χ0v) is 18.5. The lowest BCUT2D eigenvalue weighted by Crippen LogP contribution is -2.44. The molecule has 1 aromatic heterocycles. The Morgan fingerprint density at radius 2 is 1.97 bits per heavy atom.